The lowest BCUT2D eigenvalue weighted by molar-refractivity contribution is -0.116. The lowest BCUT2D eigenvalue weighted by atomic mass is 10.1. The van der Waals surface area contributed by atoms with Gasteiger partial charge in [-0.15, -0.1) is 0 Å². The Bertz CT molecular complexity index is 660. The van der Waals surface area contributed by atoms with Crippen LogP contribution in [0.25, 0.3) is 0 Å². The predicted octanol–water partition coefficient (Wildman–Crippen LogP) is 3.68. The molecular formula is C14H10BrFN2O. The number of para-hydroxylation sites is 1. The lowest BCUT2D eigenvalue weighted by Crippen LogP contribution is -2.36. The number of nitrogens with zero attached hydrogens (tertiary/aromatic N) is 1. The Morgan fingerprint density at radius 1 is 1.16 bits per heavy atom. The molecule has 1 aliphatic heterocycles. The minimum Gasteiger partial charge on any atom is -0.374 e. The number of anilines is 3. The molecule has 3 rings (SSSR count). The molecule has 1 amide bonds. The van der Waals surface area contributed by atoms with Crippen LogP contribution in [-0.2, 0) is 4.79 Å². The standard InChI is InChI=1S/C14H10BrFN2O/c15-9-5-6-11-13(7-9)18(14(19)8-17-11)12-4-2-1-3-10(12)16/h1-7,17H,8H2. The normalized spacial score (nSPS) is 14.0. The molecule has 2 aromatic carbocycles. The number of hydrogen-bond acceptors (Lipinski definition) is 2. The molecule has 2 aromatic rings. The highest BCUT2D eigenvalue weighted by atomic mass is 79.9. The fraction of sp³-hybridized carbons (Fsp3) is 0.0714. The van der Waals surface area contributed by atoms with Crippen molar-refractivity contribution in [2.24, 2.45) is 0 Å². The Hall–Kier alpha value is -1.88. The van der Waals surface area contributed by atoms with Crippen LogP contribution < -0.4 is 10.2 Å². The number of amides is 1. The molecule has 0 aliphatic carbocycles. The second kappa shape index (κ2) is 4.66. The van der Waals surface area contributed by atoms with E-state index in [4.69, 9.17) is 0 Å². The van der Waals surface area contributed by atoms with Crippen molar-refractivity contribution in [1.29, 1.82) is 0 Å². The number of carbonyl (C=O) groups excluding carboxylic acids is 1. The summed E-state index contributed by atoms with van der Waals surface area (Å²) in [6.45, 7) is 0.156. The van der Waals surface area contributed by atoms with Crippen LogP contribution >= 0.6 is 15.9 Å². The molecule has 1 aliphatic rings. The zero-order valence-electron chi connectivity index (χ0n) is 9.86. The molecule has 19 heavy (non-hydrogen) atoms. The third-order valence-corrected chi connectivity index (χ3v) is 3.47. The van der Waals surface area contributed by atoms with E-state index in [0.717, 1.165) is 10.2 Å². The molecule has 0 saturated carbocycles. The molecule has 0 atom stereocenters. The highest BCUT2D eigenvalue weighted by molar-refractivity contribution is 9.10. The Kier molecular flexibility index (Phi) is 2.98. The highest BCUT2D eigenvalue weighted by Gasteiger charge is 2.27. The Labute approximate surface area is 118 Å². The van der Waals surface area contributed by atoms with Gasteiger partial charge in [-0.1, -0.05) is 28.1 Å². The summed E-state index contributed by atoms with van der Waals surface area (Å²) in [5.74, 6) is -0.598. The Morgan fingerprint density at radius 2 is 1.95 bits per heavy atom. The van der Waals surface area contributed by atoms with Gasteiger partial charge in [0.05, 0.1) is 23.6 Å². The molecule has 1 heterocycles. The average Bonchev–Trinajstić information content (AvgIpc) is 2.40. The van der Waals surface area contributed by atoms with Crippen LogP contribution in [0.2, 0.25) is 0 Å². The first kappa shape index (κ1) is 12.2. The molecule has 0 bridgehead atoms. The van der Waals surface area contributed by atoms with Crippen LogP contribution in [0.4, 0.5) is 21.5 Å². The van der Waals surface area contributed by atoms with E-state index >= 15 is 0 Å². The van der Waals surface area contributed by atoms with E-state index in [9.17, 15) is 9.18 Å². The monoisotopic (exact) mass is 320 g/mol. The van der Waals surface area contributed by atoms with Gasteiger partial charge in [0.25, 0.3) is 5.91 Å². The van der Waals surface area contributed by atoms with Gasteiger partial charge >= 0.3 is 0 Å². The number of fused-ring (bicyclic) bond motifs is 1. The maximum atomic E-state index is 13.9. The van der Waals surface area contributed by atoms with E-state index < -0.39 is 5.82 Å². The molecule has 0 radical (unpaired) electrons. The molecular weight excluding hydrogens is 311 g/mol. The molecule has 0 spiro atoms. The summed E-state index contributed by atoms with van der Waals surface area (Å²) in [5.41, 5.74) is 1.73. The summed E-state index contributed by atoms with van der Waals surface area (Å²) in [7, 11) is 0. The summed E-state index contributed by atoms with van der Waals surface area (Å²) in [6, 6.07) is 11.8. The van der Waals surface area contributed by atoms with Crippen molar-refractivity contribution in [2.75, 3.05) is 16.8 Å². The number of benzene rings is 2. The van der Waals surface area contributed by atoms with Gasteiger partial charge in [-0.3, -0.25) is 9.69 Å². The van der Waals surface area contributed by atoms with Gasteiger partial charge in [-0.05, 0) is 30.3 Å². The molecule has 0 fully saturated rings. The molecule has 0 saturated heterocycles. The predicted molar refractivity (Wildman–Crippen MR) is 76.2 cm³/mol. The van der Waals surface area contributed by atoms with E-state index in [1.54, 1.807) is 24.3 Å². The van der Waals surface area contributed by atoms with Gasteiger partial charge < -0.3 is 5.32 Å². The number of carbonyl (C=O) groups is 1. The molecule has 0 unspecified atom stereocenters. The van der Waals surface area contributed by atoms with E-state index in [1.165, 1.54) is 11.0 Å². The molecule has 96 valence electrons. The first-order chi connectivity index (χ1) is 9.16. The fourth-order valence-electron chi connectivity index (χ4n) is 2.12. The van der Waals surface area contributed by atoms with E-state index in [1.807, 2.05) is 12.1 Å². The van der Waals surface area contributed by atoms with Crippen molar-refractivity contribution in [3.63, 3.8) is 0 Å². The van der Waals surface area contributed by atoms with Gasteiger partial charge in [-0.2, -0.15) is 0 Å². The minimum absolute atomic E-state index is 0.156. The first-order valence-corrected chi connectivity index (χ1v) is 6.57. The van der Waals surface area contributed by atoms with Crippen molar-refractivity contribution in [2.45, 2.75) is 0 Å². The highest BCUT2D eigenvalue weighted by Crippen LogP contribution is 2.37. The number of halogens is 2. The van der Waals surface area contributed by atoms with Crippen molar-refractivity contribution in [3.05, 3.63) is 52.8 Å². The van der Waals surface area contributed by atoms with Crippen LogP contribution in [0.5, 0.6) is 0 Å². The first-order valence-electron chi connectivity index (χ1n) is 5.78. The van der Waals surface area contributed by atoms with Gasteiger partial charge in [0, 0.05) is 4.47 Å². The number of hydrogen-bond donors (Lipinski definition) is 1. The summed E-state index contributed by atoms with van der Waals surface area (Å²) in [4.78, 5) is 13.5. The van der Waals surface area contributed by atoms with E-state index in [-0.39, 0.29) is 18.1 Å². The quantitative estimate of drug-likeness (QED) is 0.869. The third-order valence-electron chi connectivity index (χ3n) is 2.97. The summed E-state index contributed by atoms with van der Waals surface area (Å²) in [5, 5.41) is 3.02. The zero-order chi connectivity index (χ0) is 13.4. The van der Waals surface area contributed by atoms with E-state index in [2.05, 4.69) is 21.2 Å². The van der Waals surface area contributed by atoms with Crippen LogP contribution in [0, 0.1) is 5.82 Å². The molecule has 0 aromatic heterocycles. The van der Waals surface area contributed by atoms with Gasteiger partial charge in [-0.25, -0.2) is 4.39 Å². The van der Waals surface area contributed by atoms with Crippen LogP contribution in [0.15, 0.2) is 46.9 Å². The largest absolute Gasteiger partial charge is 0.374 e. The van der Waals surface area contributed by atoms with Gasteiger partial charge in [0.15, 0.2) is 0 Å². The summed E-state index contributed by atoms with van der Waals surface area (Å²) >= 11 is 3.37. The smallest absolute Gasteiger partial charge is 0.251 e. The van der Waals surface area contributed by atoms with Crippen LogP contribution in [0.1, 0.15) is 0 Å². The maximum Gasteiger partial charge on any atom is 0.251 e. The van der Waals surface area contributed by atoms with Crippen LogP contribution in [0.3, 0.4) is 0 Å². The topological polar surface area (TPSA) is 32.3 Å². The summed E-state index contributed by atoms with van der Waals surface area (Å²) in [6.07, 6.45) is 0. The van der Waals surface area contributed by atoms with Crippen LogP contribution in [-0.4, -0.2) is 12.5 Å². The van der Waals surface area contributed by atoms with Gasteiger partial charge in [0.1, 0.15) is 5.82 Å². The van der Waals surface area contributed by atoms with E-state index in [0.29, 0.717) is 5.69 Å². The van der Waals surface area contributed by atoms with Crippen molar-refractivity contribution >= 4 is 38.9 Å². The fourth-order valence-corrected chi connectivity index (χ4v) is 2.47. The molecule has 3 nitrogen and oxygen atoms in total. The molecule has 5 heteroatoms. The third kappa shape index (κ3) is 2.10. The number of rotatable bonds is 1. The lowest BCUT2D eigenvalue weighted by Gasteiger charge is -2.30. The minimum atomic E-state index is -0.413. The van der Waals surface area contributed by atoms with Gasteiger partial charge in [0.2, 0.25) is 0 Å². The van der Waals surface area contributed by atoms with Crippen molar-refractivity contribution < 1.29 is 9.18 Å². The Morgan fingerprint density at radius 3 is 2.74 bits per heavy atom. The Balaban J connectivity index is 2.19. The molecule has 1 N–H and O–H groups in total. The SMILES string of the molecule is O=C1CNc2ccc(Br)cc2N1c1ccccc1F. The van der Waals surface area contributed by atoms with Crippen molar-refractivity contribution in [1.82, 2.24) is 0 Å². The summed E-state index contributed by atoms with van der Waals surface area (Å²) < 4.78 is 14.8. The maximum absolute atomic E-state index is 13.9. The average molecular weight is 321 g/mol. The number of nitrogens with one attached hydrogen (secondary N) is 1. The second-order valence-corrected chi connectivity index (χ2v) is 5.11. The van der Waals surface area contributed by atoms with Crippen molar-refractivity contribution in [3.8, 4) is 0 Å². The zero-order valence-corrected chi connectivity index (χ0v) is 11.4. The second-order valence-electron chi connectivity index (χ2n) is 4.20.